The second kappa shape index (κ2) is 2.76. The molecule has 1 aliphatic carbocycles. The fraction of sp³-hybridized carbons (Fsp3) is 1.00. The summed E-state index contributed by atoms with van der Waals surface area (Å²) in [5.41, 5.74) is 0. The molecule has 0 unspecified atom stereocenters. The number of hydrogen-bond acceptors (Lipinski definition) is 2. The average Bonchev–Trinajstić information content (AvgIpc) is 2.64. The molecule has 2 atom stereocenters. The van der Waals surface area contributed by atoms with Crippen molar-refractivity contribution in [2.45, 2.75) is 31.8 Å². The summed E-state index contributed by atoms with van der Waals surface area (Å²) in [5.74, 6) is 1.00. The van der Waals surface area contributed by atoms with Crippen LogP contribution in [0.15, 0.2) is 0 Å². The van der Waals surface area contributed by atoms with Gasteiger partial charge in [0.1, 0.15) is 0 Å². The zero-order valence-electron chi connectivity index (χ0n) is 7.51. The van der Waals surface area contributed by atoms with E-state index in [-0.39, 0.29) is 0 Å². The Labute approximate surface area is 69.0 Å². The second-order valence-electron chi connectivity index (χ2n) is 4.23. The summed E-state index contributed by atoms with van der Waals surface area (Å²) in [6.07, 6.45) is 2.91. The number of likely N-dealkylation sites (N-methyl/N-ethyl adjacent to an activating group) is 1. The topological polar surface area (TPSA) is 15.3 Å². The van der Waals surface area contributed by atoms with Gasteiger partial charge in [-0.15, -0.1) is 0 Å². The van der Waals surface area contributed by atoms with Gasteiger partial charge >= 0.3 is 0 Å². The van der Waals surface area contributed by atoms with Crippen LogP contribution in [-0.2, 0) is 0 Å². The molecule has 2 heteroatoms. The third-order valence-electron chi connectivity index (χ3n) is 2.78. The number of rotatable bonds is 1. The van der Waals surface area contributed by atoms with E-state index < -0.39 is 0 Å². The monoisotopic (exact) mass is 154 g/mol. The van der Waals surface area contributed by atoms with E-state index in [2.05, 4.69) is 24.2 Å². The van der Waals surface area contributed by atoms with E-state index in [9.17, 15) is 0 Å². The predicted octanol–water partition coefficient (Wildman–Crippen LogP) is 0.688. The molecule has 0 aromatic heterocycles. The van der Waals surface area contributed by atoms with Crippen LogP contribution >= 0.6 is 0 Å². The molecule has 1 N–H and O–H groups in total. The summed E-state index contributed by atoms with van der Waals surface area (Å²) in [7, 11) is 2.23. The van der Waals surface area contributed by atoms with Gasteiger partial charge < -0.3 is 10.2 Å². The molecule has 0 bridgehead atoms. The Kier molecular flexibility index (Phi) is 1.90. The Morgan fingerprint density at radius 2 is 2.00 bits per heavy atom. The van der Waals surface area contributed by atoms with Crippen LogP contribution in [0, 0.1) is 5.92 Å². The molecule has 0 spiro atoms. The first-order chi connectivity index (χ1) is 5.25. The van der Waals surface area contributed by atoms with Crippen molar-refractivity contribution in [3.63, 3.8) is 0 Å². The standard InChI is InChI=1S/C9H18N2/c1-7-5-11(2)6-9(10-7)8-3-4-8/h7-10H,3-6H2,1-2H3/t7-,9-/m1/s1. The minimum Gasteiger partial charge on any atom is -0.309 e. The first-order valence-corrected chi connectivity index (χ1v) is 4.70. The highest BCUT2D eigenvalue weighted by atomic mass is 15.2. The maximum atomic E-state index is 3.67. The first-order valence-electron chi connectivity index (χ1n) is 4.70. The molecular weight excluding hydrogens is 136 g/mol. The van der Waals surface area contributed by atoms with Crippen molar-refractivity contribution in [2.24, 2.45) is 5.92 Å². The lowest BCUT2D eigenvalue weighted by atomic mass is 10.1. The second-order valence-corrected chi connectivity index (χ2v) is 4.23. The summed E-state index contributed by atoms with van der Waals surface area (Å²) in [4.78, 5) is 2.45. The summed E-state index contributed by atoms with van der Waals surface area (Å²) >= 11 is 0. The van der Waals surface area contributed by atoms with Crippen LogP contribution < -0.4 is 5.32 Å². The van der Waals surface area contributed by atoms with Gasteiger partial charge in [0.15, 0.2) is 0 Å². The lowest BCUT2D eigenvalue weighted by molar-refractivity contribution is 0.187. The molecule has 1 saturated heterocycles. The molecule has 2 rings (SSSR count). The zero-order valence-corrected chi connectivity index (χ0v) is 7.51. The summed E-state index contributed by atoms with van der Waals surface area (Å²) in [6, 6.07) is 1.49. The maximum absolute atomic E-state index is 3.67. The van der Waals surface area contributed by atoms with Gasteiger partial charge in [0.05, 0.1) is 0 Å². The van der Waals surface area contributed by atoms with Gasteiger partial charge in [0, 0.05) is 25.2 Å². The van der Waals surface area contributed by atoms with Gasteiger partial charge in [0.2, 0.25) is 0 Å². The largest absolute Gasteiger partial charge is 0.309 e. The minimum atomic E-state index is 0.694. The van der Waals surface area contributed by atoms with Crippen LogP contribution in [0.25, 0.3) is 0 Å². The molecule has 2 nitrogen and oxygen atoms in total. The summed E-state index contributed by atoms with van der Waals surface area (Å²) < 4.78 is 0. The van der Waals surface area contributed by atoms with Gasteiger partial charge in [-0.05, 0) is 32.7 Å². The zero-order chi connectivity index (χ0) is 7.84. The van der Waals surface area contributed by atoms with Crippen molar-refractivity contribution >= 4 is 0 Å². The van der Waals surface area contributed by atoms with Gasteiger partial charge in [0.25, 0.3) is 0 Å². The summed E-state index contributed by atoms with van der Waals surface area (Å²) in [5, 5.41) is 3.67. The van der Waals surface area contributed by atoms with E-state index in [0.29, 0.717) is 6.04 Å². The first kappa shape index (κ1) is 7.56. The fourth-order valence-electron chi connectivity index (χ4n) is 2.13. The Bertz CT molecular complexity index is 132. The van der Waals surface area contributed by atoms with Gasteiger partial charge in [-0.1, -0.05) is 0 Å². The molecule has 1 heterocycles. The van der Waals surface area contributed by atoms with E-state index in [1.54, 1.807) is 0 Å². The number of nitrogens with one attached hydrogen (secondary N) is 1. The molecule has 11 heavy (non-hydrogen) atoms. The Morgan fingerprint density at radius 3 is 2.55 bits per heavy atom. The number of hydrogen-bond donors (Lipinski definition) is 1. The van der Waals surface area contributed by atoms with E-state index in [0.717, 1.165) is 12.0 Å². The van der Waals surface area contributed by atoms with E-state index in [4.69, 9.17) is 0 Å². The molecule has 0 amide bonds. The van der Waals surface area contributed by atoms with Crippen molar-refractivity contribution in [3.05, 3.63) is 0 Å². The van der Waals surface area contributed by atoms with Crippen molar-refractivity contribution in [2.75, 3.05) is 20.1 Å². The minimum absolute atomic E-state index is 0.694. The normalized spacial score (nSPS) is 40.9. The molecule has 64 valence electrons. The highest BCUT2D eigenvalue weighted by Crippen LogP contribution is 2.33. The lowest BCUT2D eigenvalue weighted by Crippen LogP contribution is -2.54. The third-order valence-corrected chi connectivity index (χ3v) is 2.78. The molecule has 0 aromatic carbocycles. The van der Waals surface area contributed by atoms with Crippen molar-refractivity contribution in [1.82, 2.24) is 10.2 Å². The fourth-order valence-corrected chi connectivity index (χ4v) is 2.13. The third kappa shape index (κ3) is 1.74. The number of piperazine rings is 1. The smallest absolute Gasteiger partial charge is 0.0226 e. The highest BCUT2D eigenvalue weighted by molar-refractivity contribution is 4.92. The molecule has 1 saturated carbocycles. The van der Waals surface area contributed by atoms with Crippen molar-refractivity contribution in [1.29, 1.82) is 0 Å². The maximum Gasteiger partial charge on any atom is 0.0226 e. The quantitative estimate of drug-likeness (QED) is 0.598. The van der Waals surface area contributed by atoms with Crippen LogP contribution in [0.2, 0.25) is 0 Å². The highest BCUT2D eigenvalue weighted by Gasteiger charge is 2.34. The van der Waals surface area contributed by atoms with Crippen LogP contribution in [-0.4, -0.2) is 37.1 Å². The molecule has 2 fully saturated rings. The Morgan fingerprint density at radius 1 is 1.27 bits per heavy atom. The average molecular weight is 154 g/mol. The van der Waals surface area contributed by atoms with Gasteiger partial charge in [-0.25, -0.2) is 0 Å². The van der Waals surface area contributed by atoms with Crippen LogP contribution in [0.4, 0.5) is 0 Å². The lowest BCUT2D eigenvalue weighted by Gasteiger charge is -2.35. The Balaban J connectivity index is 1.89. The Hall–Kier alpha value is -0.0800. The molecular formula is C9H18N2. The van der Waals surface area contributed by atoms with Crippen LogP contribution in [0.5, 0.6) is 0 Å². The van der Waals surface area contributed by atoms with Gasteiger partial charge in [-0.3, -0.25) is 0 Å². The van der Waals surface area contributed by atoms with E-state index in [1.807, 2.05) is 0 Å². The van der Waals surface area contributed by atoms with Crippen molar-refractivity contribution in [3.8, 4) is 0 Å². The van der Waals surface area contributed by atoms with Gasteiger partial charge in [-0.2, -0.15) is 0 Å². The van der Waals surface area contributed by atoms with Crippen molar-refractivity contribution < 1.29 is 0 Å². The number of nitrogens with zero attached hydrogens (tertiary/aromatic N) is 1. The van der Waals surface area contributed by atoms with E-state index >= 15 is 0 Å². The van der Waals surface area contributed by atoms with Crippen LogP contribution in [0.1, 0.15) is 19.8 Å². The predicted molar refractivity (Wildman–Crippen MR) is 46.6 cm³/mol. The molecule has 0 aromatic rings. The molecule has 1 aliphatic heterocycles. The van der Waals surface area contributed by atoms with E-state index in [1.165, 1.54) is 25.9 Å². The molecule has 0 radical (unpaired) electrons. The molecule has 2 aliphatic rings. The van der Waals surface area contributed by atoms with Crippen LogP contribution in [0.3, 0.4) is 0 Å². The summed E-state index contributed by atoms with van der Waals surface area (Å²) in [6.45, 7) is 4.75. The SMILES string of the molecule is C[C@@H]1CN(C)C[C@H](C2CC2)N1.